The molecule has 1 aromatic rings. The van der Waals surface area contributed by atoms with Crippen LogP contribution in [0.2, 0.25) is 4.34 Å². The summed E-state index contributed by atoms with van der Waals surface area (Å²) in [5, 5.41) is 6.71. The second-order valence-electron chi connectivity index (χ2n) is 4.59. The molecule has 2 rings (SSSR count). The van der Waals surface area contributed by atoms with E-state index in [0.717, 1.165) is 25.2 Å². The molecule has 1 N–H and O–H groups in total. The van der Waals surface area contributed by atoms with Crippen LogP contribution in [-0.4, -0.2) is 40.5 Å². The zero-order valence-electron chi connectivity index (χ0n) is 9.86. The Bertz CT molecular complexity index is 424. The van der Waals surface area contributed by atoms with Crippen molar-refractivity contribution in [3.63, 3.8) is 0 Å². The average Bonchev–Trinajstić information content (AvgIpc) is 2.87. The fourth-order valence-corrected chi connectivity index (χ4v) is 2.79. The summed E-state index contributed by atoms with van der Waals surface area (Å²) in [6, 6.07) is 0. The Morgan fingerprint density at radius 2 is 2.47 bits per heavy atom. The van der Waals surface area contributed by atoms with Gasteiger partial charge in [-0.2, -0.15) is 0 Å². The third kappa shape index (κ3) is 2.59. The van der Waals surface area contributed by atoms with E-state index in [-0.39, 0.29) is 11.3 Å². The summed E-state index contributed by atoms with van der Waals surface area (Å²) in [4.78, 5) is 14.0. The fraction of sp³-hybridized carbons (Fsp3) is 0.700. The summed E-state index contributed by atoms with van der Waals surface area (Å²) in [7, 11) is 1.68. The Kier molecular flexibility index (Phi) is 3.65. The van der Waals surface area contributed by atoms with E-state index in [4.69, 9.17) is 11.6 Å². The molecule has 1 saturated heterocycles. The van der Waals surface area contributed by atoms with Crippen LogP contribution in [0.3, 0.4) is 0 Å². The molecule has 1 aliphatic heterocycles. The molecule has 1 aliphatic rings. The maximum absolute atomic E-state index is 11.8. The van der Waals surface area contributed by atoms with Gasteiger partial charge in [-0.25, -0.2) is 0 Å². The largest absolute Gasteiger partial charge is 0.359 e. The second kappa shape index (κ2) is 4.88. The lowest BCUT2D eigenvalue weighted by atomic mass is 9.89. The van der Waals surface area contributed by atoms with Gasteiger partial charge < -0.3 is 5.32 Å². The van der Waals surface area contributed by atoms with Crippen molar-refractivity contribution in [1.82, 2.24) is 19.8 Å². The molecule has 0 bridgehead atoms. The number of halogens is 1. The van der Waals surface area contributed by atoms with Gasteiger partial charge >= 0.3 is 0 Å². The van der Waals surface area contributed by atoms with E-state index in [2.05, 4.69) is 19.8 Å². The first-order valence-corrected chi connectivity index (χ1v) is 6.61. The molecule has 0 spiro atoms. The van der Waals surface area contributed by atoms with Gasteiger partial charge in [0.25, 0.3) is 0 Å². The van der Waals surface area contributed by atoms with Crippen LogP contribution in [-0.2, 0) is 11.3 Å². The highest BCUT2D eigenvalue weighted by molar-refractivity contribution is 7.10. The first kappa shape index (κ1) is 12.7. The smallest absolute Gasteiger partial charge is 0.227 e. The monoisotopic (exact) mass is 274 g/mol. The molecule has 5 nitrogen and oxygen atoms in total. The zero-order valence-corrected chi connectivity index (χ0v) is 11.4. The van der Waals surface area contributed by atoms with Crippen LogP contribution in [0.4, 0.5) is 0 Å². The summed E-state index contributed by atoms with van der Waals surface area (Å²) in [5.41, 5.74) is 0.503. The molecule has 0 aromatic carbocycles. The summed E-state index contributed by atoms with van der Waals surface area (Å²) in [6.07, 6.45) is 0.863. The van der Waals surface area contributed by atoms with Crippen molar-refractivity contribution < 1.29 is 4.79 Å². The van der Waals surface area contributed by atoms with Gasteiger partial charge in [0.2, 0.25) is 5.91 Å². The van der Waals surface area contributed by atoms with Gasteiger partial charge in [0.15, 0.2) is 0 Å². The van der Waals surface area contributed by atoms with Gasteiger partial charge in [-0.15, -0.1) is 5.10 Å². The van der Waals surface area contributed by atoms with E-state index in [9.17, 15) is 4.79 Å². The van der Waals surface area contributed by atoms with Crippen LogP contribution in [0.5, 0.6) is 0 Å². The molecule has 7 heteroatoms. The minimum Gasteiger partial charge on any atom is -0.359 e. The number of nitrogens with zero attached hydrogens (tertiary/aromatic N) is 3. The molecular weight excluding hydrogens is 260 g/mol. The standard InChI is InChI=1S/C10H15ClN4OS/c1-10(9(16)12-2)3-4-15(6-10)5-7-8(11)17-14-13-7/h3-6H2,1-2H3,(H,12,16). The highest BCUT2D eigenvalue weighted by atomic mass is 35.5. The number of hydrogen-bond acceptors (Lipinski definition) is 5. The minimum atomic E-state index is -0.301. The molecular formula is C10H15ClN4OS. The van der Waals surface area contributed by atoms with Crippen molar-refractivity contribution >= 4 is 29.0 Å². The molecule has 17 heavy (non-hydrogen) atoms. The molecule has 0 aliphatic carbocycles. The van der Waals surface area contributed by atoms with Crippen LogP contribution in [0.15, 0.2) is 0 Å². The van der Waals surface area contributed by atoms with Crippen LogP contribution in [0.1, 0.15) is 19.0 Å². The van der Waals surface area contributed by atoms with E-state index in [0.29, 0.717) is 10.9 Å². The lowest BCUT2D eigenvalue weighted by Crippen LogP contribution is -2.39. The number of nitrogens with one attached hydrogen (secondary N) is 1. The van der Waals surface area contributed by atoms with E-state index in [1.54, 1.807) is 7.05 Å². The Morgan fingerprint density at radius 3 is 3.06 bits per heavy atom. The van der Waals surface area contributed by atoms with Crippen molar-refractivity contribution in [3.8, 4) is 0 Å². The summed E-state index contributed by atoms with van der Waals surface area (Å²) in [5.74, 6) is 0.0995. The van der Waals surface area contributed by atoms with E-state index >= 15 is 0 Å². The summed E-state index contributed by atoms with van der Waals surface area (Å²) < 4.78 is 4.44. The summed E-state index contributed by atoms with van der Waals surface area (Å²) in [6.45, 7) is 4.28. The maximum atomic E-state index is 11.8. The SMILES string of the molecule is CNC(=O)C1(C)CCN(Cc2nnsc2Cl)C1. The molecule has 1 amide bonds. The number of likely N-dealkylation sites (tertiary alicyclic amines) is 1. The molecule has 0 radical (unpaired) electrons. The Morgan fingerprint density at radius 1 is 1.71 bits per heavy atom. The number of rotatable bonds is 3. The van der Waals surface area contributed by atoms with E-state index in [1.165, 1.54) is 11.5 Å². The van der Waals surface area contributed by atoms with Crippen LogP contribution in [0, 0.1) is 5.41 Å². The number of hydrogen-bond donors (Lipinski definition) is 1. The zero-order chi connectivity index (χ0) is 12.5. The fourth-order valence-electron chi connectivity index (χ4n) is 2.18. The predicted octanol–water partition coefficient (Wildman–Crippen LogP) is 1.15. The highest BCUT2D eigenvalue weighted by Gasteiger charge is 2.39. The van der Waals surface area contributed by atoms with Gasteiger partial charge in [-0.05, 0) is 19.9 Å². The van der Waals surface area contributed by atoms with Crippen molar-refractivity contribution in [3.05, 3.63) is 10.0 Å². The second-order valence-corrected chi connectivity index (χ2v) is 5.95. The molecule has 1 aromatic heterocycles. The minimum absolute atomic E-state index is 0.0995. The molecule has 2 heterocycles. The molecule has 1 unspecified atom stereocenters. The normalized spacial score (nSPS) is 25.1. The lowest BCUT2D eigenvalue weighted by Gasteiger charge is -2.22. The van der Waals surface area contributed by atoms with Crippen molar-refractivity contribution in [2.24, 2.45) is 5.41 Å². The van der Waals surface area contributed by atoms with Crippen LogP contribution in [0.25, 0.3) is 0 Å². The van der Waals surface area contributed by atoms with E-state index in [1.807, 2.05) is 6.92 Å². The number of carbonyl (C=O) groups excluding carboxylic acids is 1. The number of amides is 1. The maximum Gasteiger partial charge on any atom is 0.227 e. The van der Waals surface area contributed by atoms with Crippen molar-refractivity contribution in [2.75, 3.05) is 20.1 Å². The highest BCUT2D eigenvalue weighted by Crippen LogP contribution is 2.31. The van der Waals surface area contributed by atoms with Gasteiger partial charge in [-0.1, -0.05) is 16.1 Å². The van der Waals surface area contributed by atoms with Crippen LogP contribution >= 0.6 is 23.1 Å². The van der Waals surface area contributed by atoms with Crippen molar-refractivity contribution in [1.29, 1.82) is 0 Å². The van der Waals surface area contributed by atoms with Crippen LogP contribution < -0.4 is 5.32 Å². The quantitative estimate of drug-likeness (QED) is 0.898. The Balaban J connectivity index is 1.99. The van der Waals surface area contributed by atoms with E-state index < -0.39 is 0 Å². The molecule has 1 atom stereocenters. The average molecular weight is 275 g/mol. The van der Waals surface area contributed by atoms with Crippen molar-refractivity contribution in [2.45, 2.75) is 19.9 Å². The first-order chi connectivity index (χ1) is 8.05. The Hall–Kier alpha value is -0.720. The topological polar surface area (TPSA) is 58.1 Å². The lowest BCUT2D eigenvalue weighted by molar-refractivity contribution is -0.129. The van der Waals surface area contributed by atoms with Gasteiger partial charge in [0.1, 0.15) is 10.0 Å². The number of carbonyl (C=O) groups is 1. The number of aromatic nitrogens is 2. The van der Waals surface area contributed by atoms with Gasteiger partial charge in [0, 0.05) is 31.7 Å². The van der Waals surface area contributed by atoms with Gasteiger partial charge in [-0.3, -0.25) is 9.69 Å². The third-order valence-electron chi connectivity index (χ3n) is 3.21. The third-order valence-corrected chi connectivity index (χ3v) is 4.19. The predicted molar refractivity (Wildman–Crippen MR) is 67.0 cm³/mol. The summed E-state index contributed by atoms with van der Waals surface area (Å²) >= 11 is 7.16. The molecule has 1 fully saturated rings. The van der Waals surface area contributed by atoms with Gasteiger partial charge in [0.05, 0.1) is 5.41 Å². The Labute approximate surface area is 109 Å². The first-order valence-electron chi connectivity index (χ1n) is 5.46. The molecule has 0 saturated carbocycles. The molecule has 94 valence electrons.